The zero-order valence-corrected chi connectivity index (χ0v) is 9.40. The van der Waals surface area contributed by atoms with Crippen LogP contribution in [-0.2, 0) is 9.59 Å². The smallest absolute Gasteiger partial charge is 0.248 e. The van der Waals surface area contributed by atoms with Gasteiger partial charge < -0.3 is 10.0 Å². The lowest BCUT2D eigenvalue weighted by Gasteiger charge is -2.31. The van der Waals surface area contributed by atoms with Gasteiger partial charge >= 0.3 is 0 Å². The summed E-state index contributed by atoms with van der Waals surface area (Å²) in [6.07, 6.45) is 1.48. The molecule has 0 aromatic rings. The van der Waals surface area contributed by atoms with E-state index in [4.69, 9.17) is 5.11 Å². The molecule has 0 saturated carbocycles. The summed E-state index contributed by atoms with van der Waals surface area (Å²) in [5.41, 5.74) is 0. The van der Waals surface area contributed by atoms with E-state index in [0.29, 0.717) is 18.9 Å². The Hall–Kier alpha value is -0.900. The van der Waals surface area contributed by atoms with Crippen LogP contribution >= 0.6 is 0 Å². The average molecular weight is 213 g/mol. The fourth-order valence-electron chi connectivity index (χ4n) is 1.98. The molecule has 1 heterocycles. The van der Waals surface area contributed by atoms with E-state index in [1.165, 1.54) is 0 Å². The van der Waals surface area contributed by atoms with Gasteiger partial charge in [-0.3, -0.25) is 9.59 Å². The summed E-state index contributed by atoms with van der Waals surface area (Å²) in [7, 11) is 0. The summed E-state index contributed by atoms with van der Waals surface area (Å²) in [6.45, 7) is 4.59. The fourth-order valence-corrected chi connectivity index (χ4v) is 1.98. The average Bonchev–Trinajstić information content (AvgIpc) is 2.27. The van der Waals surface area contributed by atoms with E-state index in [9.17, 15) is 9.59 Å². The summed E-state index contributed by atoms with van der Waals surface area (Å²) in [4.78, 5) is 24.5. The molecular formula is C11H19NO3. The summed E-state index contributed by atoms with van der Waals surface area (Å²) < 4.78 is 0. The molecular weight excluding hydrogens is 194 g/mol. The molecule has 0 atom stereocenters. The normalized spacial score (nSPS) is 18.3. The highest BCUT2D eigenvalue weighted by Gasteiger charge is 2.27. The van der Waals surface area contributed by atoms with Crippen LogP contribution < -0.4 is 0 Å². The van der Waals surface area contributed by atoms with Crippen LogP contribution in [0.5, 0.6) is 0 Å². The minimum absolute atomic E-state index is 0.0788. The first-order valence-corrected chi connectivity index (χ1v) is 5.48. The van der Waals surface area contributed by atoms with E-state index in [-0.39, 0.29) is 17.7 Å². The molecule has 1 rings (SSSR count). The van der Waals surface area contributed by atoms with E-state index >= 15 is 0 Å². The molecule has 1 amide bonds. The van der Waals surface area contributed by atoms with E-state index in [1.807, 2.05) is 13.8 Å². The number of amides is 1. The highest BCUT2D eigenvalue weighted by Crippen LogP contribution is 2.21. The van der Waals surface area contributed by atoms with Crippen molar-refractivity contribution in [3.8, 4) is 0 Å². The summed E-state index contributed by atoms with van der Waals surface area (Å²) in [6, 6.07) is 0. The van der Waals surface area contributed by atoms with Crippen molar-refractivity contribution in [2.75, 3.05) is 19.7 Å². The first-order valence-electron chi connectivity index (χ1n) is 5.48. The van der Waals surface area contributed by atoms with Gasteiger partial charge in [0.2, 0.25) is 5.91 Å². The zero-order chi connectivity index (χ0) is 11.4. The quantitative estimate of drug-likeness (QED) is 0.740. The molecule has 1 fully saturated rings. The van der Waals surface area contributed by atoms with Crippen LogP contribution in [0.25, 0.3) is 0 Å². The standard InChI is InChI=1S/C11H19NO3/c1-8(2)11(15)9-3-5-12(6-4-9)10(14)7-13/h8-9,13H,3-7H2,1-2H3. The van der Waals surface area contributed by atoms with Crippen molar-refractivity contribution in [2.45, 2.75) is 26.7 Å². The Kier molecular flexibility index (Phi) is 4.27. The Balaban J connectivity index is 2.42. The zero-order valence-electron chi connectivity index (χ0n) is 9.40. The van der Waals surface area contributed by atoms with E-state index < -0.39 is 6.61 Å². The number of rotatable bonds is 3. The van der Waals surface area contributed by atoms with Crippen LogP contribution in [0.15, 0.2) is 0 Å². The number of ketones is 1. The number of hydrogen-bond donors (Lipinski definition) is 1. The first kappa shape index (κ1) is 12.2. The molecule has 1 aliphatic heterocycles. The molecule has 4 nitrogen and oxygen atoms in total. The SMILES string of the molecule is CC(C)C(=O)C1CCN(C(=O)CO)CC1. The van der Waals surface area contributed by atoms with E-state index in [1.54, 1.807) is 4.90 Å². The van der Waals surface area contributed by atoms with Crippen molar-refractivity contribution in [3.05, 3.63) is 0 Å². The third kappa shape index (κ3) is 3.02. The third-order valence-corrected chi connectivity index (χ3v) is 2.95. The third-order valence-electron chi connectivity index (χ3n) is 2.95. The van der Waals surface area contributed by atoms with Crippen LogP contribution in [0.2, 0.25) is 0 Å². The van der Waals surface area contributed by atoms with Gasteiger partial charge in [-0.15, -0.1) is 0 Å². The minimum Gasteiger partial charge on any atom is -0.387 e. The maximum Gasteiger partial charge on any atom is 0.248 e. The Bertz CT molecular complexity index is 242. The number of nitrogens with zero attached hydrogens (tertiary/aromatic N) is 1. The van der Waals surface area contributed by atoms with Crippen molar-refractivity contribution < 1.29 is 14.7 Å². The van der Waals surface area contributed by atoms with Crippen molar-refractivity contribution in [3.63, 3.8) is 0 Å². The predicted octanol–water partition coefficient (Wildman–Crippen LogP) is 0.442. The summed E-state index contributed by atoms with van der Waals surface area (Å²) in [5.74, 6) is 0.249. The van der Waals surface area contributed by atoms with Crippen LogP contribution in [0.4, 0.5) is 0 Å². The fraction of sp³-hybridized carbons (Fsp3) is 0.818. The topological polar surface area (TPSA) is 57.6 Å². The molecule has 1 saturated heterocycles. The molecule has 0 spiro atoms. The molecule has 1 N–H and O–H groups in total. The van der Waals surface area contributed by atoms with Gasteiger partial charge in [-0.05, 0) is 12.8 Å². The lowest BCUT2D eigenvalue weighted by Crippen LogP contribution is -2.42. The molecule has 0 aromatic heterocycles. The number of piperidine rings is 1. The van der Waals surface area contributed by atoms with Crippen LogP contribution in [0, 0.1) is 11.8 Å². The summed E-state index contributed by atoms with van der Waals surface area (Å²) >= 11 is 0. The largest absolute Gasteiger partial charge is 0.387 e. The van der Waals surface area contributed by atoms with Crippen molar-refractivity contribution in [2.24, 2.45) is 11.8 Å². The van der Waals surface area contributed by atoms with Gasteiger partial charge in [0.1, 0.15) is 12.4 Å². The van der Waals surface area contributed by atoms with Gasteiger partial charge in [-0.2, -0.15) is 0 Å². The molecule has 1 aliphatic rings. The lowest BCUT2D eigenvalue weighted by atomic mass is 9.87. The van der Waals surface area contributed by atoms with E-state index in [0.717, 1.165) is 12.8 Å². The number of hydrogen-bond acceptors (Lipinski definition) is 3. The highest BCUT2D eigenvalue weighted by molar-refractivity contribution is 5.83. The van der Waals surface area contributed by atoms with Gasteiger partial charge in [0, 0.05) is 24.9 Å². The summed E-state index contributed by atoms with van der Waals surface area (Å²) in [5, 5.41) is 8.69. The molecule has 0 bridgehead atoms. The van der Waals surface area contributed by atoms with Crippen molar-refractivity contribution in [1.29, 1.82) is 0 Å². The van der Waals surface area contributed by atoms with Gasteiger partial charge in [-0.25, -0.2) is 0 Å². The number of carbonyl (C=O) groups excluding carboxylic acids is 2. The Labute approximate surface area is 90.3 Å². The number of aliphatic hydroxyl groups excluding tert-OH is 1. The van der Waals surface area contributed by atoms with Crippen LogP contribution in [0.3, 0.4) is 0 Å². The highest BCUT2D eigenvalue weighted by atomic mass is 16.3. The molecule has 0 unspecified atom stereocenters. The maximum absolute atomic E-state index is 11.7. The van der Waals surface area contributed by atoms with E-state index in [2.05, 4.69) is 0 Å². The second-order valence-corrected chi connectivity index (χ2v) is 4.37. The second kappa shape index (κ2) is 5.26. The molecule has 4 heteroatoms. The van der Waals surface area contributed by atoms with Crippen molar-refractivity contribution >= 4 is 11.7 Å². The number of aliphatic hydroxyl groups is 1. The lowest BCUT2D eigenvalue weighted by molar-refractivity contribution is -0.138. The predicted molar refractivity (Wildman–Crippen MR) is 56.2 cm³/mol. The molecule has 0 radical (unpaired) electrons. The van der Waals surface area contributed by atoms with Gasteiger partial charge in [-0.1, -0.05) is 13.8 Å². The second-order valence-electron chi connectivity index (χ2n) is 4.37. The molecule has 0 aromatic carbocycles. The van der Waals surface area contributed by atoms with Crippen LogP contribution in [0.1, 0.15) is 26.7 Å². The Morgan fingerprint density at radius 3 is 2.27 bits per heavy atom. The minimum atomic E-state index is -0.428. The molecule has 15 heavy (non-hydrogen) atoms. The van der Waals surface area contributed by atoms with Gasteiger partial charge in [0.05, 0.1) is 0 Å². The number of carbonyl (C=O) groups is 2. The van der Waals surface area contributed by atoms with Crippen molar-refractivity contribution in [1.82, 2.24) is 4.90 Å². The molecule has 86 valence electrons. The van der Waals surface area contributed by atoms with Gasteiger partial charge in [0.15, 0.2) is 0 Å². The van der Waals surface area contributed by atoms with Gasteiger partial charge in [0.25, 0.3) is 0 Å². The monoisotopic (exact) mass is 213 g/mol. The Morgan fingerprint density at radius 2 is 1.87 bits per heavy atom. The molecule has 0 aliphatic carbocycles. The van der Waals surface area contributed by atoms with Crippen LogP contribution in [-0.4, -0.2) is 41.4 Å². The maximum atomic E-state index is 11.7. The first-order chi connectivity index (χ1) is 7.06. The number of likely N-dealkylation sites (tertiary alicyclic amines) is 1. The Morgan fingerprint density at radius 1 is 1.33 bits per heavy atom. The number of Topliss-reactive ketones (excluding diaryl/α,β-unsaturated/α-hetero) is 1.